The quantitative estimate of drug-likeness (QED) is 0.303. The van der Waals surface area contributed by atoms with E-state index in [1.54, 1.807) is 6.07 Å². The van der Waals surface area contributed by atoms with Gasteiger partial charge in [-0.2, -0.15) is 4.98 Å². The van der Waals surface area contributed by atoms with Gasteiger partial charge in [0.25, 0.3) is 10.0 Å². The fourth-order valence-corrected chi connectivity index (χ4v) is 7.27. The molecule has 200 valence electrons. The maximum absolute atomic E-state index is 13.6. The second-order valence-electron chi connectivity index (χ2n) is 11.2. The third-order valence-corrected chi connectivity index (χ3v) is 9.29. The van der Waals surface area contributed by atoms with Crippen molar-refractivity contribution in [1.29, 1.82) is 0 Å². The van der Waals surface area contributed by atoms with Gasteiger partial charge in [-0.3, -0.25) is 0 Å². The number of benzene rings is 3. The number of aryl methyl sites for hydroxylation is 2. The van der Waals surface area contributed by atoms with Crippen LogP contribution in [0.3, 0.4) is 0 Å². The van der Waals surface area contributed by atoms with E-state index >= 15 is 0 Å². The predicted molar refractivity (Wildman–Crippen MR) is 153 cm³/mol. The summed E-state index contributed by atoms with van der Waals surface area (Å²) < 4.78 is 36.6. The largest absolute Gasteiger partial charge is 0.469 e. The van der Waals surface area contributed by atoms with Crippen molar-refractivity contribution in [2.75, 3.05) is 4.72 Å². The van der Waals surface area contributed by atoms with Crippen molar-refractivity contribution in [2.45, 2.75) is 57.5 Å². The summed E-state index contributed by atoms with van der Waals surface area (Å²) in [7, 11) is -3.92. The Bertz CT molecular complexity index is 1650. The van der Waals surface area contributed by atoms with Gasteiger partial charge in [-0.1, -0.05) is 68.4 Å². The highest BCUT2D eigenvalue weighted by molar-refractivity contribution is 7.92. The molecule has 2 aliphatic rings. The van der Waals surface area contributed by atoms with Gasteiger partial charge >= 0.3 is 0 Å². The van der Waals surface area contributed by atoms with Crippen LogP contribution in [0, 0.1) is 25.7 Å². The molecular formula is C32H33N3O3S. The molecule has 3 aromatic carbocycles. The Kier molecular flexibility index (Phi) is 6.42. The topological polar surface area (TPSA) is 81.2 Å². The molecule has 0 fully saturated rings. The van der Waals surface area contributed by atoms with Gasteiger partial charge in [-0.05, 0) is 78.5 Å². The molecule has 2 unspecified atom stereocenters. The lowest BCUT2D eigenvalue weighted by molar-refractivity contribution is 0.0854. The molecule has 3 atom stereocenters. The van der Waals surface area contributed by atoms with Crippen LogP contribution in [-0.2, 0) is 16.4 Å². The summed E-state index contributed by atoms with van der Waals surface area (Å²) >= 11 is 0. The zero-order chi connectivity index (χ0) is 27.3. The van der Waals surface area contributed by atoms with Gasteiger partial charge in [-0.25, -0.2) is 18.1 Å². The molecule has 2 heterocycles. The molecule has 6 rings (SSSR count). The highest BCUT2D eigenvalue weighted by Crippen LogP contribution is 2.48. The first-order valence-corrected chi connectivity index (χ1v) is 15.0. The van der Waals surface area contributed by atoms with Gasteiger partial charge < -0.3 is 4.74 Å². The molecular weight excluding hydrogens is 506 g/mol. The van der Waals surface area contributed by atoms with Crippen LogP contribution in [0.1, 0.15) is 60.1 Å². The number of ether oxygens (including phenoxy) is 1. The zero-order valence-electron chi connectivity index (χ0n) is 22.7. The summed E-state index contributed by atoms with van der Waals surface area (Å²) in [6.45, 7) is 8.51. The van der Waals surface area contributed by atoms with Crippen LogP contribution in [0.2, 0.25) is 0 Å². The maximum Gasteiger partial charge on any atom is 0.264 e. The van der Waals surface area contributed by atoms with Crippen molar-refractivity contribution in [3.05, 3.63) is 101 Å². The number of sulfonamides is 1. The Morgan fingerprint density at radius 2 is 1.69 bits per heavy atom. The third-order valence-electron chi connectivity index (χ3n) is 7.96. The molecule has 4 aromatic rings. The number of hydrogen-bond donors (Lipinski definition) is 1. The van der Waals surface area contributed by atoms with Crippen molar-refractivity contribution in [3.8, 4) is 17.1 Å². The maximum atomic E-state index is 13.6. The fourth-order valence-electron chi connectivity index (χ4n) is 6.27. The van der Waals surface area contributed by atoms with E-state index in [4.69, 9.17) is 4.74 Å². The van der Waals surface area contributed by atoms with Crippen molar-refractivity contribution in [1.82, 2.24) is 9.97 Å². The Balaban J connectivity index is 1.62. The lowest BCUT2D eigenvalue weighted by Crippen LogP contribution is -2.33. The molecule has 1 N–H and O–H groups in total. The molecule has 6 bridgehead atoms. The van der Waals surface area contributed by atoms with Gasteiger partial charge in [-0.15, -0.1) is 0 Å². The number of hydrogen-bond acceptors (Lipinski definition) is 5. The first-order chi connectivity index (χ1) is 18.7. The van der Waals surface area contributed by atoms with Gasteiger partial charge in [0.2, 0.25) is 11.8 Å². The van der Waals surface area contributed by atoms with Crippen LogP contribution in [0.4, 0.5) is 5.95 Å². The lowest BCUT2D eigenvalue weighted by atomic mass is 9.68. The van der Waals surface area contributed by atoms with E-state index in [1.165, 1.54) is 11.1 Å². The van der Waals surface area contributed by atoms with Gasteiger partial charge in [0.05, 0.1) is 10.6 Å². The van der Waals surface area contributed by atoms with Crippen LogP contribution >= 0.6 is 0 Å². The van der Waals surface area contributed by atoms with Crippen LogP contribution in [-0.4, -0.2) is 18.4 Å². The van der Waals surface area contributed by atoms with E-state index in [0.29, 0.717) is 17.5 Å². The number of rotatable bonds is 3. The Morgan fingerprint density at radius 3 is 2.46 bits per heavy atom. The SMILES string of the molecule is Cc1cccc(C)c1-c1cc2nc(n1)NS(=O)(=O)c1cccc(c1)C1Cc3ccccc3C(O2)[C@@H]1CC(C)C. The van der Waals surface area contributed by atoms with Crippen LogP contribution in [0.15, 0.2) is 77.7 Å². The van der Waals surface area contributed by atoms with E-state index < -0.39 is 10.0 Å². The fraction of sp³-hybridized carbons (Fsp3) is 0.312. The van der Waals surface area contributed by atoms with Crippen molar-refractivity contribution >= 4 is 16.0 Å². The summed E-state index contributed by atoms with van der Waals surface area (Å²) in [5.41, 5.74) is 7.06. The minimum atomic E-state index is -3.92. The van der Waals surface area contributed by atoms with Crippen molar-refractivity contribution < 1.29 is 13.2 Å². The van der Waals surface area contributed by atoms with E-state index in [2.05, 4.69) is 52.8 Å². The normalized spacial score (nSPS) is 21.1. The average molecular weight is 540 g/mol. The summed E-state index contributed by atoms with van der Waals surface area (Å²) in [6.07, 6.45) is 1.52. The van der Waals surface area contributed by atoms with Gasteiger partial charge in [0, 0.05) is 17.5 Å². The zero-order valence-corrected chi connectivity index (χ0v) is 23.5. The number of nitrogens with one attached hydrogen (secondary N) is 1. The second kappa shape index (κ2) is 9.79. The number of aromatic nitrogens is 2. The van der Waals surface area contributed by atoms with Crippen molar-refractivity contribution in [3.63, 3.8) is 0 Å². The summed E-state index contributed by atoms with van der Waals surface area (Å²) in [5, 5.41) is 0. The molecule has 1 aliphatic heterocycles. The molecule has 7 heteroatoms. The monoisotopic (exact) mass is 539 g/mol. The Morgan fingerprint density at radius 1 is 0.949 bits per heavy atom. The molecule has 0 radical (unpaired) electrons. The third kappa shape index (κ3) is 4.80. The molecule has 0 saturated heterocycles. The standard InChI is InChI=1S/C32H33N3O3S/c1-19(2)15-27-26-17-23-11-5-6-14-25(23)31(27)38-29-18-28(30-20(3)9-7-10-21(30)4)33-32(34-29)35-39(36,37)24-13-8-12-22(26)16-24/h5-14,16,18-19,26-27,31H,15,17H2,1-4H3,(H,33,34,35)/t26?,27-,31?/m1/s1. The lowest BCUT2D eigenvalue weighted by Gasteiger charge is -2.41. The van der Waals surface area contributed by atoms with Crippen LogP contribution in [0.5, 0.6) is 5.88 Å². The molecule has 6 nitrogen and oxygen atoms in total. The van der Waals surface area contributed by atoms with E-state index in [9.17, 15) is 8.42 Å². The van der Waals surface area contributed by atoms with E-state index in [0.717, 1.165) is 35.1 Å². The second-order valence-corrected chi connectivity index (χ2v) is 12.9. The minimum absolute atomic E-state index is 0.00261. The van der Waals surface area contributed by atoms with Crippen molar-refractivity contribution in [2.24, 2.45) is 11.8 Å². The predicted octanol–water partition coefficient (Wildman–Crippen LogP) is 7.00. The molecule has 1 aromatic heterocycles. The van der Waals surface area contributed by atoms with E-state index in [-0.39, 0.29) is 28.8 Å². The smallest absolute Gasteiger partial charge is 0.264 e. The highest BCUT2D eigenvalue weighted by atomic mass is 32.2. The first-order valence-electron chi connectivity index (χ1n) is 13.5. The average Bonchev–Trinajstić information content (AvgIpc) is 2.89. The summed E-state index contributed by atoms with van der Waals surface area (Å²) in [4.78, 5) is 9.48. The number of nitrogens with zero attached hydrogens (tertiary/aromatic N) is 2. The minimum Gasteiger partial charge on any atom is -0.469 e. The number of anilines is 1. The first kappa shape index (κ1) is 25.6. The Hall–Kier alpha value is -3.71. The Labute approximate surface area is 230 Å². The van der Waals surface area contributed by atoms with E-state index in [1.807, 2.05) is 56.3 Å². The summed E-state index contributed by atoms with van der Waals surface area (Å²) in [5.74, 6) is 1.02. The molecule has 0 spiro atoms. The van der Waals surface area contributed by atoms with Crippen LogP contribution < -0.4 is 9.46 Å². The molecule has 0 amide bonds. The molecule has 0 saturated carbocycles. The highest BCUT2D eigenvalue weighted by Gasteiger charge is 2.40. The van der Waals surface area contributed by atoms with Gasteiger partial charge in [0.15, 0.2) is 0 Å². The molecule has 39 heavy (non-hydrogen) atoms. The number of fused-ring (bicyclic) bond motifs is 9. The van der Waals surface area contributed by atoms with Crippen LogP contribution in [0.25, 0.3) is 11.3 Å². The van der Waals surface area contributed by atoms with Gasteiger partial charge in [0.1, 0.15) is 6.10 Å². The summed E-state index contributed by atoms with van der Waals surface area (Å²) in [6, 6.07) is 23.7. The molecule has 1 aliphatic carbocycles.